The van der Waals surface area contributed by atoms with Crippen molar-refractivity contribution in [3.8, 4) is 17.2 Å². The first kappa shape index (κ1) is 20.3. The Labute approximate surface area is 178 Å². The SMILES string of the molecule is COc1cccc([C@@H]2Oc3ccc(OC)cc3C(=O)[C@H]2OC(=O)NCc2ccco2)c1. The summed E-state index contributed by atoms with van der Waals surface area (Å²) in [5.74, 6) is 1.64. The van der Waals surface area contributed by atoms with E-state index in [1.807, 2.05) is 0 Å². The lowest BCUT2D eigenvalue weighted by Crippen LogP contribution is -2.42. The molecule has 1 aliphatic rings. The van der Waals surface area contributed by atoms with Crippen molar-refractivity contribution in [2.45, 2.75) is 18.8 Å². The molecule has 160 valence electrons. The van der Waals surface area contributed by atoms with Crippen LogP contribution in [0.4, 0.5) is 4.79 Å². The number of ether oxygens (including phenoxy) is 4. The van der Waals surface area contributed by atoms with Gasteiger partial charge in [0.25, 0.3) is 0 Å². The van der Waals surface area contributed by atoms with Crippen molar-refractivity contribution in [1.82, 2.24) is 5.32 Å². The summed E-state index contributed by atoms with van der Waals surface area (Å²) in [6.07, 6.45) is -1.32. The fourth-order valence-corrected chi connectivity index (χ4v) is 3.33. The molecule has 1 aromatic heterocycles. The number of amides is 1. The maximum atomic E-state index is 13.3. The number of nitrogens with one attached hydrogen (secondary N) is 1. The van der Waals surface area contributed by atoms with E-state index in [0.717, 1.165) is 0 Å². The molecular formula is C23H21NO7. The number of carbonyl (C=O) groups is 2. The van der Waals surface area contributed by atoms with Crippen molar-refractivity contribution in [3.05, 3.63) is 77.7 Å². The third-order valence-electron chi connectivity index (χ3n) is 4.88. The molecule has 0 bridgehead atoms. The second kappa shape index (κ2) is 8.83. The van der Waals surface area contributed by atoms with Crippen LogP contribution in [0.2, 0.25) is 0 Å². The standard InChI is InChI=1S/C23H21NO7/c1-27-15-6-3-5-14(11-15)21-22(31-23(26)24-13-17-7-4-10-29-17)20(25)18-12-16(28-2)8-9-19(18)30-21/h3-12,21-22H,13H2,1-2H3,(H,24,26)/t21-,22+/m0/s1. The average molecular weight is 423 g/mol. The van der Waals surface area contributed by atoms with E-state index in [2.05, 4.69) is 5.32 Å². The molecule has 8 heteroatoms. The van der Waals surface area contributed by atoms with Crippen LogP contribution >= 0.6 is 0 Å². The molecule has 0 spiro atoms. The second-order valence-corrected chi connectivity index (χ2v) is 6.80. The second-order valence-electron chi connectivity index (χ2n) is 6.80. The van der Waals surface area contributed by atoms with E-state index in [4.69, 9.17) is 23.4 Å². The number of carbonyl (C=O) groups excluding carboxylic acids is 2. The summed E-state index contributed by atoms with van der Waals surface area (Å²) >= 11 is 0. The van der Waals surface area contributed by atoms with Gasteiger partial charge in [0, 0.05) is 5.56 Å². The molecule has 0 aliphatic carbocycles. The zero-order chi connectivity index (χ0) is 21.8. The van der Waals surface area contributed by atoms with Gasteiger partial charge < -0.3 is 28.7 Å². The number of hydrogen-bond acceptors (Lipinski definition) is 7. The van der Waals surface area contributed by atoms with Crippen molar-refractivity contribution in [2.24, 2.45) is 0 Å². The normalized spacial score (nSPS) is 17.3. The molecule has 2 atom stereocenters. The lowest BCUT2D eigenvalue weighted by atomic mass is 9.93. The Kier molecular flexibility index (Phi) is 5.79. The number of fused-ring (bicyclic) bond motifs is 1. The Bertz CT molecular complexity index is 1080. The molecule has 4 rings (SSSR count). The first-order valence-corrected chi connectivity index (χ1v) is 9.59. The zero-order valence-electron chi connectivity index (χ0n) is 17.0. The molecule has 0 saturated heterocycles. The van der Waals surface area contributed by atoms with Gasteiger partial charge in [0.15, 0.2) is 6.10 Å². The maximum absolute atomic E-state index is 13.3. The zero-order valence-corrected chi connectivity index (χ0v) is 17.0. The number of methoxy groups -OCH3 is 2. The fourth-order valence-electron chi connectivity index (χ4n) is 3.33. The number of ketones is 1. The van der Waals surface area contributed by atoms with Crippen LogP contribution in [0.5, 0.6) is 17.2 Å². The number of rotatable bonds is 6. The van der Waals surface area contributed by atoms with Crippen LogP contribution in [0.15, 0.2) is 65.3 Å². The molecule has 0 saturated carbocycles. The lowest BCUT2D eigenvalue weighted by Gasteiger charge is -2.32. The van der Waals surface area contributed by atoms with Crippen molar-refractivity contribution in [1.29, 1.82) is 0 Å². The quantitative estimate of drug-likeness (QED) is 0.642. The summed E-state index contributed by atoms with van der Waals surface area (Å²) in [6, 6.07) is 15.4. The van der Waals surface area contributed by atoms with Crippen molar-refractivity contribution in [2.75, 3.05) is 14.2 Å². The highest BCUT2D eigenvalue weighted by Crippen LogP contribution is 2.39. The Hall–Kier alpha value is -3.94. The maximum Gasteiger partial charge on any atom is 0.408 e. The summed E-state index contributed by atoms with van der Waals surface area (Å²) in [5.41, 5.74) is 0.917. The fraction of sp³-hybridized carbons (Fsp3) is 0.217. The van der Waals surface area contributed by atoms with E-state index in [1.165, 1.54) is 13.4 Å². The van der Waals surface area contributed by atoms with Gasteiger partial charge in [0.05, 0.1) is 32.6 Å². The Morgan fingerprint density at radius 3 is 2.58 bits per heavy atom. The highest BCUT2D eigenvalue weighted by molar-refractivity contribution is 6.04. The first-order valence-electron chi connectivity index (χ1n) is 9.59. The minimum atomic E-state index is -1.21. The van der Waals surface area contributed by atoms with Gasteiger partial charge in [-0.25, -0.2) is 4.79 Å². The van der Waals surface area contributed by atoms with Gasteiger partial charge in [-0.3, -0.25) is 4.79 Å². The summed E-state index contributed by atoms with van der Waals surface area (Å²) < 4.78 is 27.3. The third-order valence-corrected chi connectivity index (χ3v) is 4.88. The number of hydrogen-bond donors (Lipinski definition) is 1. The molecule has 2 heterocycles. The van der Waals surface area contributed by atoms with Crippen LogP contribution in [-0.2, 0) is 11.3 Å². The smallest absolute Gasteiger partial charge is 0.408 e. The van der Waals surface area contributed by atoms with E-state index >= 15 is 0 Å². The van der Waals surface area contributed by atoms with Crippen LogP contribution < -0.4 is 19.5 Å². The van der Waals surface area contributed by atoms with Crippen LogP contribution in [-0.4, -0.2) is 32.2 Å². The Morgan fingerprint density at radius 1 is 1.03 bits per heavy atom. The first-order chi connectivity index (χ1) is 15.1. The van der Waals surface area contributed by atoms with Crippen LogP contribution in [0, 0.1) is 0 Å². The van der Waals surface area contributed by atoms with E-state index < -0.39 is 18.3 Å². The number of Topliss-reactive ketones (excluding diaryl/α,β-unsaturated/α-hetero) is 1. The summed E-state index contributed by atoms with van der Waals surface area (Å²) in [5, 5.41) is 2.58. The number of furan rings is 1. The van der Waals surface area contributed by atoms with Crippen LogP contribution in [0.25, 0.3) is 0 Å². The van der Waals surface area contributed by atoms with E-state index in [0.29, 0.717) is 28.6 Å². The molecule has 8 nitrogen and oxygen atoms in total. The third kappa shape index (κ3) is 4.32. The molecule has 31 heavy (non-hydrogen) atoms. The highest BCUT2D eigenvalue weighted by atomic mass is 16.6. The van der Waals surface area contributed by atoms with Crippen LogP contribution in [0.3, 0.4) is 0 Å². The van der Waals surface area contributed by atoms with Crippen molar-refractivity contribution < 1.29 is 33.0 Å². The average Bonchev–Trinajstić information content (AvgIpc) is 3.33. The molecule has 0 fully saturated rings. The Balaban J connectivity index is 1.63. The lowest BCUT2D eigenvalue weighted by molar-refractivity contribution is 0.00876. The predicted octanol–water partition coefficient (Wildman–Crippen LogP) is 3.91. The van der Waals surface area contributed by atoms with Gasteiger partial charge in [0.1, 0.15) is 23.0 Å². The topological polar surface area (TPSA) is 96.2 Å². The minimum absolute atomic E-state index is 0.127. The van der Waals surface area contributed by atoms with Gasteiger partial charge in [-0.15, -0.1) is 0 Å². The van der Waals surface area contributed by atoms with E-state index in [-0.39, 0.29) is 17.9 Å². The molecule has 1 N–H and O–H groups in total. The molecular weight excluding hydrogens is 402 g/mol. The molecule has 3 aromatic rings. The van der Waals surface area contributed by atoms with E-state index in [9.17, 15) is 9.59 Å². The predicted molar refractivity (Wildman–Crippen MR) is 110 cm³/mol. The largest absolute Gasteiger partial charge is 0.497 e. The molecule has 2 aromatic carbocycles. The monoisotopic (exact) mass is 423 g/mol. The van der Waals surface area contributed by atoms with Crippen molar-refractivity contribution >= 4 is 11.9 Å². The Morgan fingerprint density at radius 2 is 1.84 bits per heavy atom. The summed E-state index contributed by atoms with van der Waals surface area (Å²) in [4.78, 5) is 25.8. The number of alkyl carbamates (subject to hydrolysis) is 1. The molecule has 0 radical (unpaired) electrons. The molecule has 0 unspecified atom stereocenters. The highest BCUT2D eigenvalue weighted by Gasteiger charge is 2.41. The van der Waals surface area contributed by atoms with Gasteiger partial charge in [-0.2, -0.15) is 0 Å². The van der Waals surface area contributed by atoms with Gasteiger partial charge in [-0.1, -0.05) is 12.1 Å². The summed E-state index contributed by atoms with van der Waals surface area (Å²) in [6.45, 7) is 0.127. The van der Waals surface area contributed by atoms with Crippen molar-refractivity contribution in [3.63, 3.8) is 0 Å². The van der Waals surface area contributed by atoms with Gasteiger partial charge in [0.2, 0.25) is 11.9 Å². The minimum Gasteiger partial charge on any atom is -0.497 e. The summed E-state index contributed by atoms with van der Waals surface area (Å²) in [7, 11) is 3.05. The van der Waals surface area contributed by atoms with Gasteiger partial charge in [-0.05, 0) is 42.5 Å². The molecule has 1 amide bonds. The van der Waals surface area contributed by atoms with Gasteiger partial charge >= 0.3 is 6.09 Å². The van der Waals surface area contributed by atoms with Crippen LogP contribution in [0.1, 0.15) is 27.8 Å². The van der Waals surface area contributed by atoms with E-state index in [1.54, 1.807) is 61.7 Å². The number of benzene rings is 2. The molecule has 1 aliphatic heterocycles.